The van der Waals surface area contributed by atoms with E-state index < -0.39 is 6.10 Å². The Morgan fingerprint density at radius 2 is 1.97 bits per heavy atom. The lowest BCUT2D eigenvalue weighted by Gasteiger charge is -2.22. The Bertz CT molecular complexity index is 791. The maximum atomic E-state index is 10.5. The van der Waals surface area contributed by atoms with Gasteiger partial charge in [0.2, 0.25) is 0 Å². The highest BCUT2D eigenvalue weighted by molar-refractivity contribution is 14.0. The molecule has 0 aliphatic carbocycles. The minimum atomic E-state index is -0.718. The molecule has 5 nitrogen and oxygen atoms in total. The number of guanidine groups is 1. The number of hydrogen-bond acceptors (Lipinski definition) is 3. The van der Waals surface area contributed by atoms with E-state index in [1.165, 1.54) is 5.56 Å². The zero-order valence-corrected chi connectivity index (χ0v) is 20.4. The third kappa shape index (κ3) is 7.41. The van der Waals surface area contributed by atoms with Crippen molar-refractivity contribution in [1.82, 2.24) is 10.2 Å². The van der Waals surface area contributed by atoms with E-state index in [9.17, 15) is 5.11 Å². The van der Waals surface area contributed by atoms with Crippen LogP contribution < -0.4 is 5.32 Å². The third-order valence-corrected chi connectivity index (χ3v) is 5.41. The van der Waals surface area contributed by atoms with Gasteiger partial charge in [-0.1, -0.05) is 60.1 Å². The molecule has 30 heavy (non-hydrogen) atoms. The largest absolute Gasteiger partial charge is 0.386 e. The van der Waals surface area contributed by atoms with Gasteiger partial charge < -0.3 is 20.1 Å². The van der Waals surface area contributed by atoms with E-state index in [0.717, 1.165) is 38.6 Å². The summed E-state index contributed by atoms with van der Waals surface area (Å²) in [7, 11) is 0. The lowest BCUT2D eigenvalue weighted by atomic mass is 10.1. The molecule has 3 rings (SSSR count). The number of aliphatic imine (C=N–C) groups is 1. The van der Waals surface area contributed by atoms with E-state index in [-0.39, 0.29) is 30.5 Å². The van der Waals surface area contributed by atoms with Crippen molar-refractivity contribution >= 4 is 41.5 Å². The van der Waals surface area contributed by atoms with Crippen LogP contribution in [0.3, 0.4) is 0 Å². The maximum Gasteiger partial charge on any atom is 0.194 e. The fraction of sp³-hybridized carbons (Fsp3) is 0.435. The molecular weight excluding hydrogens is 513 g/mol. The summed E-state index contributed by atoms with van der Waals surface area (Å²) in [5.74, 6) is 1.32. The second-order valence-electron chi connectivity index (χ2n) is 7.33. The minimum absolute atomic E-state index is 0. The van der Waals surface area contributed by atoms with Gasteiger partial charge in [0.15, 0.2) is 5.96 Å². The average molecular weight is 544 g/mol. The molecule has 2 atom stereocenters. The van der Waals surface area contributed by atoms with Gasteiger partial charge in [0.25, 0.3) is 0 Å². The summed E-state index contributed by atoms with van der Waals surface area (Å²) in [5.41, 5.74) is 1.91. The van der Waals surface area contributed by atoms with Gasteiger partial charge in [0, 0.05) is 36.1 Å². The molecule has 0 radical (unpaired) electrons. The minimum Gasteiger partial charge on any atom is -0.386 e. The fourth-order valence-corrected chi connectivity index (χ4v) is 3.78. The second-order valence-corrected chi connectivity index (χ2v) is 7.74. The summed E-state index contributed by atoms with van der Waals surface area (Å²) in [6, 6.07) is 17.6. The molecule has 0 saturated carbocycles. The summed E-state index contributed by atoms with van der Waals surface area (Å²) in [5, 5.41) is 14.4. The van der Waals surface area contributed by atoms with E-state index >= 15 is 0 Å². The highest BCUT2D eigenvalue weighted by Crippen LogP contribution is 2.23. The Balaban J connectivity index is 0.00000320. The van der Waals surface area contributed by atoms with E-state index in [2.05, 4.69) is 34.3 Å². The molecular formula is C23H31ClIN3O2. The van der Waals surface area contributed by atoms with Crippen LogP contribution >= 0.6 is 35.6 Å². The molecule has 0 amide bonds. The molecule has 2 unspecified atom stereocenters. The molecule has 1 fully saturated rings. The Morgan fingerprint density at radius 3 is 2.70 bits per heavy atom. The van der Waals surface area contributed by atoms with Crippen molar-refractivity contribution in [3.05, 3.63) is 70.7 Å². The predicted octanol–water partition coefficient (Wildman–Crippen LogP) is 4.50. The molecule has 2 aromatic rings. The number of hydrogen-bond donors (Lipinski definition) is 2. The van der Waals surface area contributed by atoms with Crippen molar-refractivity contribution in [3.63, 3.8) is 0 Å². The summed E-state index contributed by atoms with van der Waals surface area (Å²) < 4.78 is 5.92. The molecule has 1 aliphatic rings. The topological polar surface area (TPSA) is 57.1 Å². The van der Waals surface area contributed by atoms with Crippen molar-refractivity contribution < 1.29 is 9.84 Å². The van der Waals surface area contributed by atoms with E-state index in [4.69, 9.17) is 16.3 Å². The number of aliphatic hydroxyl groups excluding tert-OH is 1. The molecule has 0 aromatic heterocycles. The van der Waals surface area contributed by atoms with Crippen LogP contribution in [0.25, 0.3) is 0 Å². The molecule has 164 valence electrons. The molecule has 7 heteroatoms. The zero-order chi connectivity index (χ0) is 20.5. The number of nitrogens with zero attached hydrogens (tertiary/aromatic N) is 2. The van der Waals surface area contributed by atoms with Gasteiger partial charge >= 0.3 is 0 Å². The van der Waals surface area contributed by atoms with Gasteiger partial charge in [0.1, 0.15) is 6.10 Å². The van der Waals surface area contributed by atoms with Crippen LogP contribution in [0.4, 0.5) is 0 Å². The van der Waals surface area contributed by atoms with Crippen LogP contribution in [0.1, 0.15) is 30.6 Å². The summed E-state index contributed by atoms with van der Waals surface area (Å²) in [6.45, 7) is 6.35. The Kier molecular flexibility index (Phi) is 10.9. The monoisotopic (exact) mass is 543 g/mol. The quantitative estimate of drug-likeness (QED) is 0.293. The highest BCUT2D eigenvalue weighted by Gasteiger charge is 2.25. The lowest BCUT2D eigenvalue weighted by molar-refractivity contribution is 0.0906. The van der Waals surface area contributed by atoms with E-state index in [1.807, 2.05) is 36.4 Å². The number of benzene rings is 2. The molecule has 2 aromatic carbocycles. The SMILES string of the molecule is CCNC(=NCC(O)c1ccccc1Cl)N1CCC(COCc2ccccc2)C1.I. The highest BCUT2D eigenvalue weighted by atomic mass is 127. The van der Waals surface area contributed by atoms with Crippen LogP contribution in [0.2, 0.25) is 5.02 Å². The molecule has 1 saturated heterocycles. The zero-order valence-electron chi connectivity index (χ0n) is 17.3. The summed E-state index contributed by atoms with van der Waals surface area (Å²) in [6.07, 6.45) is 0.358. The molecule has 2 N–H and O–H groups in total. The first-order chi connectivity index (χ1) is 14.2. The lowest BCUT2D eigenvalue weighted by Crippen LogP contribution is -2.40. The average Bonchev–Trinajstić information content (AvgIpc) is 3.21. The summed E-state index contributed by atoms with van der Waals surface area (Å²) in [4.78, 5) is 6.91. The van der Waals surface area contributed by atoms with Crippen LogP contribution in [0.15, 0.2) is 59.6 Å². The predicted molar refractivity (Wildman–Crippen MR) is 134 cm³/mol. The number of aliphatic hydroxyl groups is 1. The van der Waals surface area contributed by atoms with Crippen LogP contribution in [-0.2, 0) is 11.3 Å². The molecule has 1 aliphatic heterocycles. The maximum absolute atomic E-state index is 10.5. The normalized spacial score (nSPS) is 17.5. The molecule has 0 spiro atoms. The molecule has 0 bridgehead atoms. The first-order valence-corrected chi connectivity index (χ1v) is 10.6. The Hall–Kier alpha value is -1.35. The van der Waals surface area contributed by atoms with E-state index in [1.54, 1.807) is 6.07 Å². The van der Waals surface area contributed by atoms with Crippen molar-refractivity contribution in [3.8, 4) is 0 Å². The Morgan fingerprint density at radius 1 is 1.23 bits per heavy atom. The third-order valence-electron chi connectivity index (χ3n) is 5.06. The number of ether oxygens (including phenoxy) is 1. The van der Waals surface area contributed by atoms with E-state index in [0.29, 0.717) is 23.1 Å². The van der Waals surface area contributed by atoms with Crippen LogP contribution in [-0.4, -0.2) is 48.8 Å². The number of halogens is 2. The van der Waals surface area contributed by atoms with Gasteiger partial charge in [-0.05, 0) is 25.0 Å². The second kappa shape index (κ2) is 13.1. The number of likely N-dealkylation sites (tertiary alicyclic amines) is 1. The smallest absolute Gasteiger partial charge is 0.194 e. The van der Waals surface area contributed by atoms with Crippen molar-refractivity contribution in [2.24, 2.45) is 10.9 Å². The van der Waals surface area contributed by atoms with Gasteiger partial charge in [-0.25, -0.2) is 0 Å². The number of nitrogens with one attached hydrogen (secondary N) is 1. The van der Waals surface area contributed by atoms with Crippen LogP contribution in [0.5, 0.6) is 0 Å². The van der Waals surface area contributed by atoms with Crippen molar-refractivity contribution in [2.75, 3.05) is 32.8 Å². The molecule has 1 heterocycles. The first kappa shape index (κ1) is 24.9. The Labute approximate surface area is 201 Å². The van der Waals surface area contributed by atoms with Crippen molar-refractivity contribution in [2.45, 2.75) is 26.1 Å². The summed E-state index contributed by atoms with van der Waals surface area (Å²) >= 11 is 6.19. The van der Waals surface area contributed by atoms with Gasteiger partial charge in [0.05, 0.1) is 19.8 Å². The van der Waals surface area contributed by atoms with Gasteiger partial charge in [-0.2, -0.15) is 0 Å². The van der Waals surface area contributed by atoms with Gasteiger partial charge in [-0.15, -0.1) is 24.0 Å². The van der Waals surface area contributed by atoms with Crippen LogP contribution in [0, 0.1) is 5.92 Å². The fourth-order valence-electron chi connectivity index (χ4n) is 3.52. The number of rotatable bonds is 8. The standard InChI is InChI=1S/C23H30ClN3O2.HI/c1-2-25-23(26-14-22(28)20-10-6-7-11-21(20)24)27-13-12-19(15-27)17-29-16-18-8-4-3-5-9-18;/h3-11,19,22,28H,2,12-17H2,1H3,(H,25,26);1H. The first-order valence-electron chi connectivity index (χ1n) is 10.2. The van der Waals surface area contributed by atoms with Crippen molar-refractivity contribution in [1.29, 1.82) is 0 Å². The van der Waals surface area contributed by atoms with Gasteiger partial charge in [-0.3, -0.25) is 4.99 Å².